The molecule has 2 fully saturated rings. The summed E-state index contributed by atoms with van der Waals surface area (Å²) in [5, 5.41) is 3.80. The highest BCUT2D eigenvalue weighted by Crippen LogP contribution is 2.23. The maximum Gasteiger partial charge on any atom is 0.0588 e. The van der Waals surface area contributed by atoms with Crippen molar-refractivity contribution in [1.29, 1.82) is 0 Å². The molecule has 2 heterocycles. The van der Waals surface area contributed by atoms with E-state index in [2.05, 4.69) is 37.9 Å². The Bertz CT molecular complexity index is 289. The molecule has 0 radical (unpaired) electrons. The van der Waals surface area contributed by atoms with Gasteiger partial charge in [-0.05, 0) is 37.5 Å². The van der Waals surface area contributed by atoms with Gasteiger partial charge < -0.3 is 10.1 Å². The van der Waals surface area contributed by atoms with E-state index in [9.17, 15) is 0 Å². The summed E-state index contributed by atoms with van der Waals surface area (Å²) >= 11 is 0. The normalized spacial score (nSPS) is 32.7. The second kappa shape index (κ2) is 8.50. The molecular formula is C18H36N2O. The molecule has 3 nitrogen and oxygen atoms in total. The van der Waals surface area contributed by atoms with E-state index in [1.54, 1.807) is 0 Å². The lowest BCUT2D eigenvalue weighted by Crippen LogP contribution is -2.59. The number of hydrogen-bond donors (Lipinski definition) is 1. The van der Waals surface area contributed by atoms with Crippen molar-refractivity contribution >= 4 is 0 Å². The third kappa shape index (κ3) is 5.22. The van der Waals surface area contributed by atoms with Crippen LogP contribution in [-0.2, 0) is 4.74 Å². The highest BCUT2D eigenvalue weighted by molar-refractivity contribution is 4.89. The Hall–Kier alpha value is -0.120. The third-order valence-corrected chi connectivity index (χ3v) is 5.36. The summed E-state index contributed by atoms with van der Waals surface area (Å²) in [5.74, 6) is 1.56. The van der Waals surface area contributed by atoms with Gasteiger partial charge in [0.1, 0.15) is 0 Å². The quantitative estimate of drug-likeness (QED) is 0.780. The van der Waals surface area contributed by atoms with Crippen molar-refractivity contribution in [3.8, 4) is 0 Å². The Morgan fingerprint density at radius 3 is 2.71 bits per heavy atom. The maximum atomic E-state index is 5.82. The van der Waals surface area contributed by atoms with Gasteiger partial charge in [-0.1, -0.05) is 34.1 Å². The van der Waals surface area contributed by atoms with Gasteiger partial charge in [0.05, 0.1) is 6.10 Å². The first kappa shape index (κ1) is 17.2. The first-order chi connectivity index (χ1) is 10.1. The summed E-state index contributed by atoms with van der Waals surface area (Å²) in [5.41, 5.74) is 0. The molecule has 2 aliphatic heterocycles. The van der Waals surface area contributed by atoms with Gasteiger partial charge in [-0.15, -0.1) is 0 Å². The van der Waals surface area contributed by atoms with Crippen molar-refractivity contribution in [2.75, 3.05) is 26.2 Å². The van der Waals surface area contributed by atoms with Crippen molar-refractivity contribution in [3.63, 3.8) is 0 Å². The summed E-state index contributed by atoms with van der Waals surface area (Å²) in [6.45, 7) is 14.0. The summed E-state index contributed by atoms with van der Waals surface area (Å²) in [6, 6.07) is 1.38. The van der Waals surface area contributed by atoms with Gasteiger partial charge in [0.2, 0.25) is 0 Å². The monoisotopic (exact) mass is 296 g/mol. The number of nitrogens with one attached hydrogen (secondary N) is 1. The van der Waals surface area contributed by atoms with Crippen LogP contribution in [-0.4, -0.2) is 49.3 Å². The van der Waals surface area contributed by atoms with Gasteiger partial charge in [0.15, 0.2) is 0 Å². The van der Waals surface area contributed by atoms with Crippen LogP contribution in [0.3, 0.4) is 0 Å². The highest BCUT2D eigenvalue weighted by atomic mass is 16.5. The average molecular weight is 296 g/mol. The van der Waals surface area contributed by atoms with Gasteiger partial charge in [0.25, 0.3) is 0 Å². The lowest BCUT2D eigenvalue weighted by Gasteiger charge is -2.44. The lowest BCUT2D eigenvalue weighted by molar-refractivity contribution is 0.0527. The zero-order valence-electron chi connectivity index (χ0n) is 14.6. The van der Waals surface area contributed by atoms with E-state index >= 15 is 0 Å². The molecule has 0 saturated carbocycles. The number of nitrogens with zero attached hydrogens (tertiary/aromatic N) is 1. The Morgan fingerprint density at radius 1 is 1.29 bits per heavy atom. The molecule has 0 aromatic heterocycles. The van der Waals surface area contributed by atoms with E-state index in [0.717, 1.165) is 25.0 Å². The molecule has 124 valence electrons. The Kier molecular flexibility index (Phi) is 6.97. The molecule has 0 aliphatic carbocycles. The second-order valence-corrected chi connectivity index (χ2v) is 7.61. The summed E-state index contributed by atoms with van der Waals surface area (Å²) in [7, 11) is 0. The molecule has 0 aromatic carbocycles. The van der Waals surface area contributed by atoms with Crippen LogP contribution >= 0.6 is 0 Å². The fraction of sp³-hybridized carbons (Fsp3) is 1.00. The van der Waals surface area contributed by atoms with Crippen LogP contribution in [0.1, 0.15) is 59.8 Å². The van der Waals surface area contributed by atoms with Gasteiger partial charge in [-0.2, -0.15) is 0 Å². The SMILES string of the molecule is CCC(C)C1CNC(CC(C)C)CN1CCC1CCCO1. The molecule has 2 saturated heterocycles. The first-order valence-corrected chi connectivity index (χ1v) is 9.19. The van der Waals surface area contributed by atoms with E-state index < -0.39 is 0 Å². The molecule has 21 heavy (non-hydrogen) atoms. The number of piperazine rings is 1. The van der Waals surface area contributed by atoms with Crippen LogP contribution in [0.15, 0.2) is 0 Å². The van der Waals surface area contributed by atoms with Crippen LogP contribution in [0, 0.1) is 11.8 Å². The zero-order chi connectivity index (χ0) is 15.2. The number of ether oxygens (including phenoxy) is 1. The summed E-state index contributed by atoms with van der Waals surface area (Å²) < 4.78 is 5.82. The van der Waals surface area contributed by atoms with Gasteiger partial charge >= 0.3 is 0 Å². The molecule has 2 rings (SSSR count). The number of hydrogen-bond acceptors (Lipinski definition) is 3. The molecular weight excluding hydrogens is 260 g/mol. The van der Waals surface area contributed by atoms with E-state index in [-0.39, 0.29) is 0 Å². The van der Waals surface area contributed by atoms with Crippen molar-refractivity contribution in [2.45, 2.75) is 78.0 Å². The van der Waals surface area contributed by atoms with Crippen LogP contribution < -0.4 is 5.32 Å². The first-order valence-electron chi connectivity index (χ1n) is 9.19. The predicted molar refractivity (Wildman–Crippen MR) is 89.7 cm³/mol. The molecule has 2 aliphatic rings. The van der Waals surface area contributed by atoms with Gasteiger partial charge in [0, 0.05) is 38.3 Å². The molecule has 3 heteroatoms. The Balaban J connectivity index is 1.88. The number of rotatable bonds is 7. The Labute approximate surface area is 131 Å². The molecule has 4 atom stereocenters. The third-order valence-electron chi connectivity index (χ3n) is 5.36. The second-order valence-electron chi connectivity index (χ2n) is 7.61. The van der Waals surface area contributed by atoms with Crippen LogP contribution in [0.5, 0.6) is 0 Å². The highest BCUT2D eigenvalue weighted by Gasteiger charge is 2.31. The minimum Gasteiger partial charge on any atom is -0.378 e. The van der Waals surface area contributed by atoms with Crippen LogP contribution in [0.2, 0.25) is 0 Å². The predicted octanol–water partition coefficient (Wildman–Crippen LogP) is 3.29. The van der Waals surface area contributed by atoms with E-state index in [4.69, 9.17) is 4.74 Å². The van der Waals surface area contributed by atoms with Crippen LogP contribution in [0.4, 0.5) is 0 Å². The fourth-order valence-electron chi connectivity index (χ4n) is 3.90. The minimum absolute atomic E-state index is 0.529. The molecule has 0 spiro atoms. The molecule has 0 amide bonds. The minimum atomic E-state index is 0.529. The fourth-order valence-corrected chi connectivity index (χ4v) is 3.90. The Morgan fingerprint density at radius 2 is 2.10 bits per heavy atom. The smallest absolute Gasteiger partial charge is 0.0588 e. The molecule has 1 N–H and O–H groups in total. The van der Waals surface area contributed by atoms with Crippen molar-refractivity contribution in [2.24, 2.45) is 11.8 Å². The van der Waals surface area contributed by atoms with Gasteiger partial charge in [-0.25, -0.2) is 0 Å². The van der Waals surface area contributed by atoms with Crippen molar-refractivity contribution < 1.29 is 4.74 Å². The van der Waals surface area contributed by atoms with Crippen molar-refractivity contribution in [3.05, 3.63) is 0 Å². The molecule has 0 bridgehead atoms. The molecule has 0 aromatic rings. The zero-order valence-corrected chi connectivity index (χ0v) is 14.6. The van der Waals surface area contributed by atoms with E-state index in [1.807, 2.05) is 0 Å². The summed E-state index contributed by atoms with van der Waals surface area (Å²) in [4.78, 5) is 2.76. The summed E-state index contributed by atoms with van der Waals surface area (Å²) in [6.07, 6.45) is 6.86. The topological polar surface area (TPSA) is 24.5 Å². The van der Waals surface area contributed by atoms with Crippen molar-refractivity contribution in [1.82, 2.24) is 10.2 Å². The standard InChI is InChI=1S/C18H36N2O/c1-5-15(4)18-12-19-16(11-14(2)3)13-20(18)9-8-17-7-6-10-21-17/h14-19H,5-13H2,1-4H3. The maximum absolute atomic E-state index is 5.82. The largest absolute Gasteiger partial charge is 0.378 e. The lowest BCUT2D eigenvalue weighted by atomic mass is 9.92. The van der Waals surface area contributed by atoms with Crippen LogP contribution in [0.25, 0.3) is 0 Å². The van der Waals surface area contributed by atoms with Gasteiger partial charge in [-0.3, -0.25) is 4.90 Å². The molecule has 4 unspecified atom stereocenters. The average Bonchev–Trinajstić information content (AvgIpc) is 2.97. The van der Waals surface area contributed by atoms with E-state index in [0.29, 0.717) is 18.2 Å². The van der Waals surface area contributed by atoms with E-state index in [1.165, 1.54) is 45.2 Å².